The van der Waals surface area contributed by atoms with Crippen molar-refractivity contribution in [3.63, 3.8) is 0 Å². The van der Waals surface area contributed by atoms with E-state index in [9.17, 15) is 9.18 Å². The number of ether oxygens (including phenoxy) is 1. The summed E-state index contributed by atoms with van der Waals surface area (Å²) in [4.78, 5) is 11.4. The summed E-state index contributed by atoms with van der Waals surface area (Å²) in [5.41, 5.74) is 0.844. The molecule has 2 rings (SSSR count). The first-order chi connectivity index (χ1) is 6.77. The van der Waals surface area contributed by atoms with E-state index in [2.05, 4.69) is 0 Å². The van der Waals surface area contributed by atoms with Crippen molar-refractivity contribution < 1.29 is 13.9 Å². The molecule has 0 bridgehead atoms. The molecule has 0 unspecified atom stereocenters. The number of carbonyl (C=O) groups excluding carboxylic acids is 1. The number of carbonyl (C=O) groups is 1. The molecule has 1 aliphatic heterocycles. The Kier molecular flexibility index (Phi) is 2.48. The van der Waals surface area contributed by atoms with Crippen molar-refractivity contribution in [1.82, 2.24) is 0 Å². The second-order valence-electron chi connectivity index (χ2n) is 3.41. The predicted molar refractivity (Wildman–Crippen MR) is 49.3 cm³/mol. The molecule has 1 heterocycles. The Hall–Kier alpha value is -1.38. The van der Waals surface area contributed by atoms with Crippen LogP contribution in [0.4, 0.5) is 4.39 Å². The molecule has 1 aromatic carbocycles. The molecule has 0 aliphatic carbocycles. The maximum Gasteiger partial charge on any atom is 0.313 e. The number of rotatable bonds is 1. The summed E-state index contributed by atoms with van der Waals surface area (Å²) in [5.74, 6) is -0.676. The summed E-state index contributed by atoms with van der Waals surface area (Å²) < 4.78 is 17.6. The molecule has 0 aromatic heterocycles. The summed E-state index contributed by atoms with van der Waals surface area (Å²) in [6.07, 6.45) is 1.68. The molecule has 2 nitrogen and oxygen atoms in total. The predicted octanol–water partition coefficient (Wildman–Crippen LogP) is 2.25. The third kappa shape index (κ3) is 1.76. The highest BCUT2D eigenvalue weighted by Crippen LogP contribution is 2.26. The third-order valence-electron chi connectivity index (χ3n) is 2.44. The van der Waals surface area contributed by atoms with Gasteiger partial charge in [-0.05, 0) is 30.5 Å². The molecule has 3 heteroatoms. The topological polar surface area (TPSA) is 26.3 Å². The van der Waals surface area contributed by atoms with E-state index in [4.69, 9.17) is 4.74 Å². The van der Waals surface area contributed by atoms with Gasteiger partial charge in [0.2, 0.25) is 0 Å². The monoisotopic (exact) mass is 194 g/mol. The lowest BCUT2D eigenvalue weighted by molar-refractivity contribution is -0.149. The standard InChI is InChI=1S/C11H11FO2/c12-9-5-3-8(4-6-9)10-2-1-7-14-11(10)13/h3-6,10H,1-2,7H2/t10-/m1/s1. The first-order valence-electron chi connectivity index (χ1n) is 4.69. The number of halogens is 1. The van der Waals surface area contributed by atoms with Crippen LogP contribution in [0.25, 0.3) is 0 Å². The summed E-state index contributed by atoms with van der Waals surface area (Å²) in [5, 5.41) is 0. The highest BCUT2D eigenvalue weighted by atomic mass is 19.1. The maximum atomic E-state index is 12.6. The molecule has 0 spiro atoms. The van der Waals surface area contributed by atoms with Crippen LogP contribution in [0.5, 0.6) is 0 Å². The van der Waals surface area contributed by atoms with Crippen LogP contribution in [0.1, 0.15) is 24.3 Å². The highest BCUT2D eigenvalue weighted by molar-refractivity contribution is 5.78. The maximum absolute atomic E-state index is 12.6. The van der Waals surface area contributed by atoms with Crippen LogP contribution < -0.4 is 0 Å². The van der Waals surface area contributed by atoms with Crippen LogP contribution in [0.2, 0.25) is 0 Å². The van der Waals surface area contributed by atoms with Gasteiger partial charge in [-0.15, -0.1) is 0 Å². The van der Waals surface area contributed by atoms with Gasteiger partial charge in [0.15, 0.2) is 0 Å². The molecular formula is C11H11FO2. The molecule has 0 N–H and O–H groups in total. The van der Waals surface area contributed by atoms with Gasteiger partial charge >= 0.3 is 5.97 Å². The van der Waals surface area contributed by atoms with Gasteiger partial charge in [0.25, 0.3) is 0 Å². The second kappa shape index (κ2) is 3.78. The fourth-order valence-corrected chi connectivity index (χ4v) is 1.68. The molecule has 1 aromatic rings. The molecule has 0 radical (unpaired) electrons. The number of hydrogen-bond donors (Lipinski definition) is 0. The van der Waals surface area contributed by atoms with Crippen molar-refractivity contribution in [3.05, 3.63) is 35.6 Å². The number of benzene rings is 1. The first-order valence-corrected chi connectivity index (χ1v) is 4.69. The molecule has 0 amide bonds. The van der Waals surface area contributed by atoms with Crippen molar-refractivity contribution in [2.24, 2.45) is 0 Å². The van der Waals surface area contributed by atoms with E-state index < -0.39 is 0 Å². The third-order valence-corrected chi connectivity index (χ3v) is 2.44. The lowest BCUT2D eigenvalue weighted by atomic mass is 9.93. The highest BCUT2D eigenvalue weighted by Gasteiger charge is 2.25. The fourth-order valence-electron chi connectivity index (χ4n) is 1.68. The molecule has 0 saturated carbocycles. The van der Waals surface area contributed by atoms with Gasteiger partial charge in [0, 0.05) is 0 Å². The van der Waals surface area contributed by atoms with Crippen molar-refractivity contribution in [1.29, 1.82) is 0 Å². The van der Waals surface area contributed by atoms with E-state index in [1.54, 1.807) is 12.1 Å². The summed E-state index contributed by atoms with van der Waals surface area (Å²) in [7, 11) is 0. The van der Waals surface area contributed by atoms with Crippen LogP contribution in [-0.4, -0.2) is 12.6 Å². The average molecular weight is 194 g/mol. The Morgan fingerprint density at radius 3 is 2.64 bits per heavy atom. The fraction of sp³-hybridized carbons (Fsp3) is 0.364. The molecule has 1 aliphatic rings. The first kappa shape index (κ1) is 9.19. The van der Waals surface area contributed by atoms with Crippen molar-refractivity contribution in [3.8, 4) is 0 Å². The molecule has 14 heavy (non-hydrogen) atoms. The quantitative estimate of drug-likeness (QED) is 0.641. The van der Waals surface area contributed by atoms with Gasteiger partial charge in [-0.2, -0.15) is 0 Å². The Morgan fingerprint density at radius 2 is 2.00 bits per heavy atom. The molecule has 74 valence electrons. The summed E-state index contributed by atoms with van der Waals surface area (Å²) in [6, 6.07) is 6.04. The van der Waals surface area contributed by atoms with Gasteiger partial charge in [0.05, 0.1) is 12.5 Å². The van der Waals surface area contributed by atoms with Gasteiger partial charge in [0.1, 0.15) is 5.82 Å². The lowest BCUT2D eigenvalue weighted by Gasteiger charge is -2.20. The van der Waals surface area contributed by atoms with Crippen LogP contribution in [0.15, 0.2) is 24.3 Å². The molecule has 1 saturated heterocycles. The lowest BCUT2D eigenvalue weighted by Crippen LogP contribution is -2.22. The molecule has 1 atom stereocenters. The Bertz CT molecular complexity index is 332. The minimum atomic E-state index is -0.280. The number of hydrogen-bond acceptors (Lipinski definition) is 2. The summed E-state index contributed by atoms with van der Waals surface area (Å²) >= 11 is 0. The smallest absolute Gasteiger partial charge is 0.313 e. The Morgan fingerprint density at radius 1 is 1.29 bits per heavy atom. The zero-order valence-electron chi connectivity index (χ0n) is 7.70. The minimum absolute atomic E-state index is 0.192. The van der Waals surface area contributed by atoms with Crippen LogP contribution in [-0.2, 0) is 9.53 Å². The van der Waals surface area contributed by atoms with E-state index in [0.29, 0.717) is 6.61 Å². The van der Waals surface area contributed by atoms with E-state index in [1.165, 1.54) is 12.1 Å². The van der Waals surface area contributed by atoms with Crippen LogP contribution >= 0.6 is 0 Å². The summed E-state index contributed by atoms with van der Waals surface area (Å²) in [6.45, 7) is 0.510. The Balaban J connectivity index is 2.20. The van der Waals surface area contributed by atoms with Crippen LogP contribution in [0, 0.1) is 5.82 Å². The zero-order valence-corrected chi connectivity index (χ0v) is 7.70. The molecule has 1 fully saturated rings. The van der Waals surface area contributed by atoms with E-state index >= 15 is 0 Å². The number of cyclic esters (lactones) is 1. The second-order valence-corrected chi connectivity index (χ2v) is 3.41. The van der Waals surface area contributed by atoms with Crippen molar-refractivity contribution in [2.45, 2.75) is 18.8 Å². The van der Waals surface area contributed by atoms with E-state index in [0.717, 1.165) is 18.4 Å². The van der Waals surface area contributed by atoms with Crippen molar-refractivity contribution >= 4 is 5.97 Å². The van der Waals surface area contributed by atoms with Gasteiger partial charge in [-0.25, -0.2) is 4.39 Å². The van der Waals surface area contributed by atoms with E-state index in [-0.39, 0.29) is 17.7 Å². The number of esters is 1. The zero-order chi connectivity index (χ0) is 9.97. The van der Waals surface area contributed by atoms with Gasteiger partial charge in [-0.1, -0.05) is 12.1 Å². The normalized spacial score (nSPS) is 21.8. The minimum Gasteiger partial charge on any atom is -0.465 e. The largest absolute Gasteiger partial charge is 0.465 e. The van der Waals surface area contributed by atoms with E-state index in [1.807, 2.05) is 0 Å². The Labute approximate surface area is 81.7 Å². The van der Waals surface area contributed by atoms with Crippen LogP contribution in [0.3, 0.4) is 0 Å². The van der Waals surface area contributed by atoms with Gasteiger partial charge in [-0.3, -0.25) is 4.79 Å². The van der Waals surface area contributed by atoms with Gasteiger partial charge < -0.3 is 4.74 Å². The molecular weight excluding hydrogens is 183 g/mol. The average Bonchev–Trinajstić information content (AvgIpc) is 2.20. The van der Waals surface area contributed by atoms with Crippen molar-refractivity contribution in [2.75, 3.05) is 6.61 Å². The SMILES string of the molecule is O=C1OCCC[C@@H]1c1ccc(F)cc1.